The van der Waals surface area contributed by atoms with Crippen molar-refractivity contribution in [2.45, 2.75) is 32.7 Å². The number of ether oxygens (including phenoxy) is 1. The average molecular weight is 262 g/mol. The minimum atomic E-state index is -0.0469. The van der Waals surface area contributed by atoms with E-state index in [0.29, 0.717) is 17.2 Å². The van der Waals surface area contributed by atoms with Crippen molar-refractivity contribution in [3.05, 3.63) is 29.3 Å². The highest BCUT2D eigenvalue weighted by molar-refractivity contribution is 5.95. The van der Waals surface area contributed by atoms with Gasteiger partial charge in [0.15, 0.2) is 0 Å². The van der Waals surface area contributed by atoms with Crippen LogP contribution in [0.1, 0.15) is 35.7 Å². The molecule has 0 spiro atoms. The van der Waals surface area contributed by atoms with Gasteiger partial charge in [-0.05, 0) is 56.4 Å². The average Bonchev–Trinajstić information content (AvgIpc) is 2.38. The maximum absolute atomic E-state index is 12.2. The lowest BCUT2D eigenvalue weighted by Gasteiger charge is -2.28. The predicted octanol–water partition coefficient (Wildman–Crippen LogP) is 2.12. The summed E-state index contributed by atoms with van der Waals surface area (Å²) in [6, 6.07) is 5.61. The van der Waals surface area contributed by atoms with Gasteiger partial charge in [-0.25, -0.2) is 0 Å². The van der Waals surface area contributed by atoms with E-state index in [1.807, 2.05) is 19.1 Å². The molecule has 1 aromatic rings. The molecule has 0 aliphatic carbocycles. The zero-order valence-corrected chi connectivity index (χ0v) is 11.6. The van der Waals surface area contributed by atoms with Crippen LogP contribution in [0.15, 0.2) is 18.2 Å². The molecule has 1 aromatic carbocycles. The van der Waals surface area contributed by atoms with Crippen molar-refractivity contribution in [2.24, 2.45) is 5.92 Å². The maximum atomic E-state index is 12.2. The molecule has 1 amide bonds. The Morgan fingerprint density at radius 3 is 2.68 bits per heavy atom. The van der Waals surface area contributed by atoms with Gasteiger partial charge < -0.3 is 15.8 Å². The van der Waals surface area contributed by atoms with Crippen molar-refractivity contribution >= 4 is 11.6 Å². The Balaban J connectivity index is 1.99. The molecule has 1 aliphatic heterocycles. The first kappa shape index (κ1) is 13.9. The quantitative estimate of drug-likeness (QED) is 0.820. The van der Waals surface area contributed by atoms with Gasteiger partial charge >= 0.3 is 0 Å². The Morgan fingerprint density at radius 1 is 1.37 bits per heavy atom. The molecule has 1 fully saturated rings. The summed E-state index contributed by atoms with van der Waals surface area (Å²) in [6.45, 7) is 5.59. The zero-order valence-electron chi connectivity index (χ0n) is 11.6. The lowest BCUT2D eigenvalue weighted by Crippen LogP contribution is -2.40. The fraction of sp³-hybridized carbons (Fsp3) is 0.533. The van der Waals surface area contributed by atoms with Crippen molar-refractivity contribution in [3.8, 4) is 0 Å². The summed E-state index contributed by atoms with van der Waals surface area (Å²) in [7, 11) is 0. The molecule has 0 aromatic heterocycles. The number of rotatable bonds is 3. The third-order valence-corrected chi connectivity index (χ3v) is 3.69. The highest BCUT2D eigenvalue weighted by atomic mass is 16.5. The molecule has 1 saturated heterocycles. The van der Waals surface area contributed by atoms with Crippen LogP contribution >= 0.6 is 0 Å². The number of amides is 1. The van der Waals surface area contributed by atoms with Crippen LogP contribution in [0.2, 0.25) is 0 Å². The van der Waals surface area contributed by atoms with Crippen LogP contribution in [0, 0.1) is 12.8 Å². The molecule has 0 bridgehead atoms. The van der Waals surface area contributed by atoms with E-state index in [1.54, 1.807) is 6.07 Å². The van der Waals surface area contributed by atoms with Gasteiger partial charge in [0.25, 0.3) is 5.91 Å². The molecule has 1 aliphatic rings. The Bertz CT molecular complexity index is 433. The number of aryl methyl sites for hydroxylation is 1. The van der Waals surface area contributed by atoms with Crippen LogP contribution in [0.25, 0.3) is 0 Å². The largest absolute Gasteiger partial charge is 0.399 e. The number of benzene rings is 1. The van der Waals surface area contributed by atoms with E-state index in [1.165, 1.54) is 0 Å². The summed E-state index contributed by atoms with van der Waals surface area (Å²) in [4.78, 5) is 12.2. The Kier molecular flexibility index (Phi) is 4.43. The fourth-order valence-corrected chi connectivity index (χ4v) is 2.57. The van der Waals surface area contributed by atoms with Crippen molar-refractivity contribution in [2.75, 3.05) is 18.9 Å². The van der Waals surface area contributed by atoms with E-state index in [9.17, 15) is 4.79 Å². The van der Waals surface area contributed by atoms with Crippen molar-refractivity contribution in [1.82, 2.24) is 5.32 Å². The first-order chi connectivity index (χ1) is 9.06. The number of nitrogens with two attached hydrogens (primary N) is 1. The zero-order chi connectivity index (χ0) is 13.8. The van der Waals surface area contributed by atoms with E-state index in [4.69, 9.17) is 10.5 Å². The summed E-state index contributed by atoms with van der Waals surface area (Å²) in [5.41, 5.74) is 8.04. The minimum absolute atomic E-state index is 0.0469. The summed E-state index contributed by atoms with van der Waals surface area (Å²) in [5.74, 6) is 0.453. The fourth-order valence-electron chi connectivity index (χ4n) is 2.57. The second-order valence-corrected chi connectivity index (χ2v) is 5.34. The van der Waals surface area contributed by atoms with Gasteiger partial charge in [-0.15, -0.1) is 0 Å². The molecule has 1 atom stereocenters. The lowest BCUT2D eigenvalue weighted by molar-refractivity contribution is 0.0538. The number of anilines is 1. The summed E-state index contributed by atoms with van der Waals surface area (Å²) >= 11 is 0. The summed E-state index contributed by atoms with van der Waals surface area (Å²) in [6.07, 6.45) is 2.02. The van der Waals surface area contributed by atoms with Gasteiger partial charge in [0.05, 0.1) is 0 Å². The number of nitrogen functional groups attached to an aromatic ring is 1. The van der Waals surface area contributed by atoms with Gasteiger partial charge in [0.2, 0.25) is 0 Å². The van der Waals surface area contributed by atoms with Crippen molar-refractivity contribution < 1.29 is 9.53 Å². The monoisotopic (exact) mass is 262 g/mol. The number of carbonyl (C=O) groups excluding carboxylic acids is 1. The normalized spacial score (nSPS) is 18.0. The van der Waals surface area contributed by atoms with Crippen LogP contribution < -0.4 is 11.1 Å². The molecule has 4 nitrogen and oxygen atoms in total. The smallest absolute Gasteiger partial charge is 0.251 e. The molecular weight excluding hydrogens is 240 g/mol. The lowest BCUT2D eigenvalue weighted by atomic mass is 9.92. The topological polar surface area (TPSA) is 64.4 Å². The highest BCUT2D eigenvalue weighted by Crippen LogP contribution is 2.19. The number of nitrogens with one attached hydrogen (secondary N) is 1. The van der Waals surface area contributed by atoms with Gasteiger partial charge in [-0.3, -0.25) is 4.79 Å². The maximum Gasteiger partial charge on any atom is 0.251 e. The Labute approximate surface area is 114 Å². The van der Waals surface area contributed by atoms with Gasteiger partial charge in [-0.1, -0.05) is 0 Å². The third kappa shape index (κ3) is 3.70. The van der Waals surface area contributed by atoms with Gasteiger partial charge in [0, 0.05) is 30.5 Å². The van der Waals surface area contributed by atoms with E-state index in [2.05, 4.69) is 12.2 Å². The number of hydrogen-bond acceptors (Lipinski definition) is 3. The SMILES string of the molecule is Cc1cc(N)cc(C(=O)NC(C)C2CCOCC2)c1. The van der Waals surface area contributed by atoms with E-state index in [0.717, 1.165) is 31.6 Å². The van der Waals surface area contributed by atoms with Crippen LogP contribution in [0.4, 0.5) is 5.69 Å². The minimum Gasteiger partial charge on any atom is -0.399 e. The molecule has 19 heavy (non-hydrogen) atoms. The first-order valence-electron chi connectivity index (χ1n) is 6.82. The molecule has 1 heterocycles. The van der Waals surface area contributed by atoms with Gasteiger partial charge in [-0.2, -0.15) is 0 Å². The highest BCUT2D eigenvalue weighted by Gasteiger charge is 2.22. The molecule has 2 rings (SSSR count). The van der Waals surface area contributed by atoms with Crippen molar-refractivity contribution in [1.29, 1.82) is 0 Å². The molecular formula is C15H22N2O2. The molecule has 0 saturated carbocycles. The van der Waals surface area contributed by atoms with Crippen LogP contribution in [-0.4, -0.2) is 25.2 Å². The number of carbonyl (C=O) groups is 1. The van der Waals surface area contributed by atoms with E-state index >= 15 is 0 Å². The molecule has 0 radical (unpaired) electrons. The van der Waals surface area contributed by atoms with E-state index in [-0.39, 0.29) is 11.9 Å². The molecule has 104 valence electrons. The van der Waals surface area contributed by atoms with Crippen LogP contribution in [0.3, 0.4) is 0 Å². The second kappa shape index (κ2) is 6.06. The van der Waals surface area contributed by atoms with Gasteiger partial charge in [0.1, 0.15) is 0 Å². The van der Waals surface area contributed by atoms with Crippen molar-refractivity contribution in [3.63, 3.8) is 0 Å². The van der Waals surface area contributed by atoms with E-state index < -0.39 is 0 Å². The first-order valence-corrected chi connectivity index (χ1v) is 6.82. The van der Waals surface area contributed by atoms with Crippen LogP contribution in [0.5, 0.6) is 0 Å². The Hall–Kier alpha value is -1.55. The number of hydrogen-bond donors (Lipinski definition) is 2. The Morgan fingerprint density at radius 2 is 2.05 bits per heavy atom. The molecule has 3 N–H and O–H groups in total. The second-order valence-electron chi connectivity index (χ2n) is 5.34. The summed E-state index contributed by atoms with van der Waals surface area (Å²) in [5, 5.41) is 3.07. The molecule has 1 unspecified atom stereocenters. The third-order valence-electron chi connectivity index (χ3n) is 3.69. The standard InChI is InChI=1S/C15H22N2O2/c1-10-7-13(9-14(16)8-10)15(18)17-11(2)12-3-5-19-6-4-12/h7-9,11-12H,3-6,16H2,1-2H3,(H,17,18). The van der Waals surface area contributed by atoms with Crippen LogP contribution in [-0.2, 0) is 4.74 Å². The summed E-state index contributed by atoms with van der Waals surface area (Å²) < 4.78 is 5.34. The molecule has 4 heteroatoms. The predicted molar refractivity (Wildman–Crippen MR) is 76.1 cm³/mol.